The number of aliphatic hydroxyl groups is 1. The molecule has 1 aromatic carbocycles. The van der Waals surface area contributed by atoms with Crippen LogP contribution in [0.4, 0.5) is 5.69 Å². The van der Waals surface area contributed by atoms with Gasteiger partial charge in [-0.25, -0.2) is 4.79 Å². The minimum Gasteiger partial charge on any atom is -0.490 e. The number of nitrogen functional groups attached to an aromatic ring is 1. The Morgan fingerprint density at radius 3 is 2.79 bits per heavy atom. The second-order valence-electron chi connectivity index (χ2n) is 3.66. The van der Waals surface area contributed by atoms with E-state index in [-0.39, 0.29) is 26.4 Å². The van der Waals surface area contributed by atoms with E-state index in [1.165, 1.54) is 6.07 Å². The number of ether oxygens (including phenoxy) is 3. The molecule has 0 atom stereocenters. The summed E-state index contributed by atoms with van der Waals surface area (Å²) in [5.41, 5.74) is 6.40. The van der Waals surface area contributed by atoms with Crippen LogP contribution < -0.4 is 10.5 Å². The first-order valence-corrected chi connectivity index (χ1v) is 6.07. The Labute approximate surface area is 112 Å². The maximum absolute atomic E-state index is 11.7. The predicted octanol–water partition coefficient (Wildman–Crippen LogP) is 0.833. The van der Waals surface area contributed by atoms with Gasteiger partial charge in [-0.15, -0.1) is 0 Å². The Morgan fingerprint density at radius 1 is 1.32 bits per heavy atom. The molecule has 6 nitrogen and oxygen atoms in total. The quantitative estimate of drug-likeness (QED) is 0.413. The zero-order valence-electron chi connectivity index (χ0n) is 10.9. The molecule has 0 saturated heterocycles. The molecule has 0 amide bonds. The minimum absolute atomic E-state index is 0.0318. The van der Waals surface area contributed by atoms with Crippen LogP contribution in [0.25, 0.3) is 0 Å². The van der Waals surface area contributed by atoms with Gasteiger partial charge in [-0.05, 0) is 25.1 Å². The molecule has 0 spiro atoms. The van der Waals surface area contributed by atoms with Crippen LogP contribution in [-0.2, 0) is 9.47 Å². The summed E-state index contributed by atoms with van der Waals surface area (Å²) in [6.07, 6.45) is 0. The summed E-state index contributed by atoms with van der Waals surface area (Å²) in [4.78, 5) is 11.7. The van der Waals surface area contributed by atoms with Crippen LogP contribution in [0.5, 0.6) is 5.75 Å². The van der Waals surface area contributed by atoms with Crippen molar-refractivity contribution < 1.29 is 24.1 Å². The molecule has 0 unspecified atom stereocenters. The highest BCUT2D eigenvalue weighted by Gasteiger charge is 2.14. The number of benzene rings is 1. The summed E-state index contributed by atoms with van der Waals surface area (Å²) in [5, 5.41) is 8.55. The van der Waals surface area contributed by atoms with E-state index in [4.69, 9.17) is 25.1 Å². The fourth-order valence-electron chi connectivity index (χ4n) is 1.42. The highest BCUT2D eigenvalue weighted by molar-refractivity contribution is 5.93. The van der Waals surface area contributed by atoms with Crippen LogP contribution in [0.2, 0.25) is 0 Å². The highest BCUT2D eigenvalue weighted by atomic mass is 16.5. The molecule has 0 bridgehead atoms. The van der Waals surface area contributed by atoms with Crippen molar-refractivity contribution in [2.75, 3.05) is 38.8 Å². The molecule has 1 rings (SSSR count). The largest absolute Gasteiger partial charge is 0.490 e. The molecular formula is C13H19NO5. The van der Waals surface area contributed by atoms with Crippen molar-refractivity contribution in [2.45, 2.75) is 6.92 Å². The van der Waals surface area contributed by atoms with E-state index in [0.717, 1.165) is 0 Å². The van der Waals surface area contributed by atoms with Gasteiger partial charge in [0, 0.05) is 5.69 Å². The number of anilines is 1. The van der Waals surface area contributed by atoms with Crippen LogP contribution in [0.15, 0.2) is 18.2 Å². The fourth-order valence-corrected chi connectivity index (χ4v) is 1.42. The summed E-state index contributed by atoms with van der Waals surface area (Å²) in [6.45, 7) is 2.84. The lowest BCUT2D eigenvalue weighted by atomic mass is 10.2. The zero-order valence-corrected chi connectivity index (χ0v) is 10.9. The van der Waals surface area contributed by atoms with Crippen molar-refractivity contribution in [1.29, 1.82) is 0 Å². The van der Waals surface area contributed by atoms with Crippen LogP contribution in [0, 0.1) is 0 Å². The fraction of sp³-hybridized carbons (Fsp3) is 0.462. The Kier molecular flexibility index (Phi) is 6.70. The molecule has 0 saturated carbocycles. The van der Waals surface area contributed by atoms with E-state index >= 15 is 0 Å². The highest BCUT2D eigenvalue weighted by Crippen LogP contribution is 2.22. The van der Waals surface area contributed by atoms with Crippen molar-refractivity contribution in [3.63, 3.8) is 0 Å². The van der Waals surface area contributed by atoms with Crippen LogP contribution in [-0.4, -0.2) is 44.1 Å². The van der Waals surface area contributed by atoms with Crippen LogP contribution >= 0.6 is 0 Å². The van der Waals surface area contributed by atoms with E-state index in [1.54, 1.807) is 19.1 Å². The molecule has 0 heterocycles. The van der Waals surface area contributed by atoms with E-state index < -0.39 is 5.97 Å². The van der Waals surface area contributed by atoms with E-state index in [0.29, 0.717) is 23.6 Å². The van der Waals surface area contributed by atoms with E-state index in [9.17, 15) is 4.79 Å². The third-order valence-electron chi connectivity index (χ3n) is 2.22. The van der Waals surface area contributed by atoms with Crippen LogP contribution in [0.3, 0.4) is 0 Å². The Bertz CT molecular complexity index is 408. The molecule has 0 aromatic heterocycles. The van der Waals surface area contributed by atoms with Gasteiger partial charge in [0.1, 0.15) is 17.9 Å². The van der Waals surface area contributed by atoms with Gasteiger partial charge in [-0.3, -0.25) is 0 Å². The van der Waals surface area contributed by atoms with E-state index in [1.807, 2.05) is 0 Å². The van der Waals surface area contributed by atoms with Crippen molar-refractivity contribution in [3.05, 3.63) is 23.8 Å². The Balaban J connectivity index is 2.63. The smallest absolute Gasteiger partial charge is 0.341 e. The number of rotatable bonds is 8. The average molecular weight is 269 g/mol. The Hall–Kier alpha value is -1.79. The van der Waals surface area contributed by atoms with Gasteiger partial charge in [-0.2, -0.15) is 0 Å². The number of nitrogens with two attached hydrogens (primary N) is 1. The molecule has 106 valence electrons. The molecule has 3 N–H and O–H groups in total. The molecule has 19 heavy (non-hydrogen) atoms. The molecule has 0 aliphatic rings. The summed E-state index contributed by atoms with van der Waals surface area (Å²) in [6, 6.07) is 4.78. The second kappa shape index (κ2) is 8.34. The van der Waals surface area contributed by atoms with Gasteiger partial charge in [0.25, 0.3) is 0 Å². The standard InChI is InChI=1S/C13H19NO5/c1-2-18-13(16)11-9-10(14)3-4-12(11)19-8-7-17-6-5-15/h3-4,9,15H,2,5-8,14H2,1H3. The number of carbonyl (C=O) groups excluding carboxylic acids is 1. The van der Waals surface area contributed by atoms with Gasteiger partial charge in [0.15, 0.2) is 0 Å². The average Bonchev–Trinajstić information content (AvgIpc) is 2.40. The van der Waals surface area contributed by atoms with E-state index in [2.05, 4.69) is 0 Å². The molecular weight excluding hydrogens is 250 g/mol. The number of esters is 1. The number of carbonyl (C=O) groups is 1. The first-order valence-electron chi connectivity index (χ1n) is 6.07. The van der Waals surface area contributed by atoms with Crippen molar-refractivity contribution in [3.8, 4) is 5.75 Å². The summed E-state index contributed by atoms with van der Waals surface area (Å²) >= 11 is 0. The summed E-state index contributed by atoms with van der Waals surface area (Å²) < 4.78 is 15.4. The van der Waals surface area contributed by atoms with Crippen molar-refractivity contribution >= 4 is 11.7 Å². The second-order valence-corrected chi connectivity index (χ2v) is 3.66. The first-order chi connectivity index (χ1) is 9.19. The normalized spacial score (nSPS) is 10.2. The predicted molar refractivity (Wildman–Crippen MR) is 70.2 cm³/mol. The third-order valence-corrected chi connectivity index (χ3v) is 2.22. The lowest BCUT2D eigenvalue weighted by Gasteiger charge is -2.11. The minimum atomic E-state index is -0.471. The molecule has 0 aliphatic carbocycles. The lowest BCUT2D eigenvalue weighted by Crippen LogP contribution is -2.12. The maximum atomic E-state index is 11.7. The summed E-state index contributed by atoms with van der Waals surface area (Å²) in [5.74, 6) is -0.0682. The lowest BCUT2D eigenvalue weighted by molar-refractivity contribution is 0.0513. The van der Waals surface area contributed by atoms with Crippen LogP contribution in [0.1, 0.15) is 17.3 Å². The van der Waals surface area contributed by atoms with Gasteiger partial charge >= 0.3 is 5.97 Å². The monoisotopic (exact) mass is 269 g/mol. The molecule has 0 radical (unpaired) electrons. The first kappa shape index (κ1) is 15.3. The molecule has 0 aliphatic heterocycles. The van der Waals surface area contributed by atoms with Gasteiger partial charge < -0.3 is 25.1 Å². The SMILES string of the molecule is CCOC(=O)c1cc(N)ccc1OCCOCCO. The van der Waals surface area contributed by atoms with Gasteiger partial charge in [0.05, 0.1) is 26.4 Å². The van der Waals surface area contributed by atoms with Gasteiger partial charge in [0.2, 0.25) is 0 Å². The van der Waals surface area contributed by atoms with Crippen molar-refractivity contribution in [2.24, 2.45) is 0 Å². The number of hydrogen-bond acceptors (Lipinski definition) is 6. The Morgan fingerprint density at radius 2 is 2.11 bits per heavy atom. The number of aliphatic hydroxyl groups excluding tert-OH is 1. The number of hydrogen-bond donors (Lipinski definition) is 2. The maximum Gasteiger partial charge on any atom is 0.341 e. The molecule has 6 heteroatoms. The zero-order chi connectivity index (χ0) is 14.1. The molecule has 0 fully saturated rings. The van der Waals surface area contributed by atoms with Gasteiger partial charge in [-0.1, -0.05) is 0 Å². The molecule has 1 aromatic rings. The summed E-state index contributed by atoms with van der Waals surface area (Å²) in [7, 11) is 0. The van der Waals surface area contributed by atoms with Crippen molar-refractivity contribution in [1.82, 2.24) is 0 Å². The third kappa shape index (κ3) is 5.15. The topological polar surface area (TPSA) is 91.0 Å².